The molecule has 2 aromatic heterocycles. The predicted octanol–water partition coefficient (Wildman–Crippen LogP) is 3.32. The Bertz CT molecular complexity index is 585. The van der Waals surface area contributed by atoms with Crippen LogP contribution in [-0.4, -0.2) is 21.6 Å². The van der Waals surface area contributed by atoms with E-state index in [2.05, 4.69) is 35.3 Å². The van der Waals surface area contributed by atoms with Crippen LogP contribution in [0.5, 0.6) is 5.88 Å². The number of aromatic nitrogens is 3. The van der Waals surface area contributed by atoms with Gasteiger partial charge in [0.2, 0.25) is 5.88 Å². The van der Waals surface area contributed by atoms with Gasteiger partial charge in [-0.2, -0.15) is 4.98 Å². The first-order chi connectivity index (χ1) is 8.04. The molecule has 0 spiro atoms. The van der Waals surface area contributed by atoms with E-state index in [1.54, 1.807) is 7.11 Å². The second-order valence-corrected chi connectivity index (χ2v) is 4.90. The van der Waals surface area contributed by atoms with Crippen LogP contribution >= 0.6 is 12.2 Å². The highest BCUT2D eigenvalue weighted by atomic mass is 32.1. The van der Waals surface area contributed by atoms with Crippen LogP contribution in [0.2, 0.25) is 0 Å². The number of methoxy groups -OCH3 is 1. The quantitative estimate of drug-likeness (QED) is 0.851. The number of hydrogen-bond donors (Lipinski definition) is 1. The molecule has 1 atom stereocenters. The zero-order valence-electron chi connectivity index (χ0n) is 10.5. The fourth-order valence-electron chi connectivity index (χ4n) is 1.77. The van der Waals surface area contributed by atoms with Crippen LogP contribution in [-0.2, 0) is 0 Å². The molecule has 0 aliphatic rings. The fraction of sp³-hybridized carbons (Fsp3) is 0.500. The zero-order valence-corrected chi connectivity index (χ0v) is 11.3. The Hall–Kier alpha value is -1.36. The zero-order chi connectivity index (χ0) is 12.6. The fourth-order valence-corrected chi connectivity index (χ4v) is 2.14. The van der Waals surface area contributed by atoms with Crippen molar-refractivity contribution in [3.63, 3.8) is 0 Å². The number of nitrogens with zero attached hydrogens (tertiary/aromatic N) is 2. The van der Waals surface area contributed by atoms with Crippen LogP contribution in [0, 0.1) is 10.7 Å². The van der Waals surface area contributed by atoms with E-state index in [0.717, 1.165) is 11.2 Å². The van der Waals surface area contributed by atoms with E-state index in [1.165, 1.54) is 0 Å². The molecule has 0 aliphatic carbocycles. The monoisotopic (exact) mass is 251 g/mol. The number of rotatable bonds is 3. The van der Waals surface area contributed by atoms with E-state index in [9.17, 15) is 0 Å². The summed E-state index contributed by atoms with van der Waals surface area (Å²) in [6.07, 6.45) is 0. The van der Waals surface area contributed by atoms with Gasteiger partial charge in [0.15, 0.2) is 10.4 Å². The first-order valence-electron chi connectivity index (χ1n) is 5.70. The van der Waals surface area contributed by atoms with Gasteiger partial charge in [0.25, 0.3) is 0 Å². The molecule has 2 rings (SSSR count). The number of H-pyrrole nitrogens is 1. The molecule has 4 nitrogen and oxygen atoms in total. The van der Waals surface area contributed by atoms with Crippen LogP contribution in [0.3, 0.4) is 0 Å². The molecule has 1 unspecified atom stereocenters. The first kappa shape index (κ1) is 12.1. The SMILES string of the molecule is COc1ccc2[nH]c(=S)n(C(C)C(C)C)c2n1. The number of hydrogen-bond acceptors (Lipinski definition) is 3. The minimum absolute atomic E-state index is 0.302. The van der Waals surface area contributed by atoms with Crippen molar-refractivity contribution in [2.75, 3.05) is 7.11 Å². The molecule has 0 saturated heterocycles. The van der Waals surface area contributed by atoms with Gasteiger partial charge in [-0.3, -0.25) is 4.57 Å². The topological polar surface area (TPSA) is 42.8 Å². The molecule has 0 radical (unpaired) electrons. The van der Waals surface area contributed by atoms with Gasteiger partial charge in [0.05, 0.1) is 12.6 Å². The molecule has 0 bridgehead atoms. The average molecular weight is 251 g/mol. The molecule has 2 aromatic rings. The highest BCUT2D eigenvalue weighted by Gasteiger charge is 2.15. The van der Waals surface area contributed by atoms with Crippen molar-refractivity contribution >= 4 is 23.4 Å². The molecule has 0 saturated carbocycles. The second-order valence-electron chi connectivity index (χ2n) is 4.51. The Morgan fingerprint density at radius 3 is 2.65 bits per heavy atom. The minimum Gasteiger partial charge on any atom is -0.481 e. The van der Waals surface area contributed by atoms with Crippen molar-refractivity contribution in [1.29, 1.82) is 0 Å². The van der Waals surface area contributed by atoms with Gasteiger partial charge in [-0.15, -0.1) is 0 Å². The lowest BCUT2D eigenvalue weighted by molar-refractivity contribution is 0.393. The summed E-state index contributed by atoms with van der Waals surface area (Å²) >= 11 is 5.35. The number of imidazole rings is 1. The summed E-state index contributed by atoms with van der Waals surface area (Å²) in [5.41, 5.74) is 1.80. The lowest BCUT2D eigenvalue weighted by Crippen LogP contribution is -2.12. The van der Waals surface area contributed by atoms with Gasteiger partial charge >= 0.3 is 0 Å². The Labute approximate surface area is 106 Å². The Morgan fingerprint density at radius 2 is 2.06 bits per heavy atom. The van der Waals surface area contributed by atoms with Crippen molar-refractivity contribution in [1.82, 2.24) is 14.5 Å². The molecule has 92 valence electrons. The summed E-state index contributed by atoms with van der Waals surface area (Å²) in [6.45, 7) is 6.49. The number of fused-ring (bicyclic) bond motifs is 1. The van der Waals surface area contributed by atoms with Crippen molar-refractivity contribution in [3.05, 3.63) is 16.9 Å². The molecule has 5 heteroatoms. The van der Waals surface area contributed by atoms with E-state index in [-0.39, 0.29) is 0 Å². The van der Waals surface area contributed by atoms with Crippen molar-refractivity contribution in [2.45, 2.75) is 26.8 Å². The lowest BCUT2D eigenvalue weighted by atomic mass is 10.1. The number of nitrogens with one attached hydrogen (secondary N) is 1. The van der Waals surface area contributed by atoms with Crippen LogP contribution in [0.15, 0.2) is 12.1 Å². The third-order valence-corrected chi connectivity index (χ3v) is 3.42. The van der Waals surface area contributed by atoms with Gasteiger partial charge < -0.3 is 9.72 Å². The van der Waals surface area contributed by atoms with Gasteiger partial charge in [0, 0.05) is 12.1 Å². The summed E-state index contributed by atoms with van der Waals surface area (Å²) in [7, 11) is 1.62. The molecular weight excluding hydrogens is 234 g/mol. The molecular formula is C12H17N3OS. The maximum atomic E-state index is 5.35. The molecule has 0 fully saturated rings. The maximum Gasteiger partial charge on any atom is 0.215 e. The van der Waals surface area contributed by atoms with Crippen LogP contribution in [0.25, 0.3) is 11.2 Å². The number of aromatic amines is 1. The summed E-state index contributed by atoms with van der Waals surface area (Å²) in [5.74, 6) is 1.10. The maximum absolute atomic E-state index is 5.35. The summed E-state index contributed by atoms with van der Waals surface area (Å²) < 4.78 is 7.92. The molecule has 2 heterocycles. The van der Waals surface area contributed by atoms with E-state index < -0.39 is 0 Å². The molecule has 1 N–H and O–H groups in total. The van der Waals surface area contributed by atoms with E-state index in [1.807, 2.05) is 12.1 Å². The van der Waals surface area contributed by atoms with Crippen molar-refractivity contribution in [3.8, 4) is 5.88 Å². The Morgan fingerprint density at radius 1 is 1.35 bits per heavy atom. The van der Waals surface area contributed by atoms with E-state index >= 15 is 0 Å². The Kier molecular flexibility index (Phi) is 3.19. The third kappa shape index (κ3) is 2.07. The first-order valence-corrected chi connectivity index (χ1v) is 6.10. The largest absolute Gasteiger partial charge is 0.481 e. The number of ether oxygens (including phenoxy) is 1. The minimum atomic E-state index is 0.302. The highest BCUT2D eigenvalue weighted by Crippen LogP contribution is 2.24. The van der Waals surface area contributed by atoms with E-state index in [4.69, 9.17) is 17.0 Å². The highest BCUT2D eigenvalue weighted by molar-refractivity contribution is 7.71. The third-order valence-electron chi connectivity index (χ3n) is 3.12. The van der Waals surface area contributed by atoms with Crippen LogP contribution in [0.1, 0.15) is 26.8 Å². The van der Waals surface area contributed by atoms with Crippen molar-refractivity contribution in [2.24, 2.45) is 5.92 Å². The van der Waals surface area contributed by atoms with Crippen molar-refractivity contribution < 1.29 is 4.74 Å². The summed E-state index contributed by atoms with van der Waals surface area (Å²) in [6, 6.07) is 4.08. The second kappa shape index (κ2) is 4.49. The van der Waals surface area contributed by atoms with Gasteiger partial charge in [-0.25, -0.2) is 0 Å². The van der Waals surface area contributed by atoms with Gasteiger partial charge in [-0.1, -0.05) is 13.8 Å². The van der Waals surface area contributed by atoms with E-state index in [0.29, 0.717) is 22.6 Å². The standard InChI is InChI=1S/C12H17N3OS/c1-7(2)8(3)15-11-9(13-12(15)17)5-6-10(14-11)16-4/h5-8H,1-4H3,(H,13,17). The summed E-state index contributed by atoms with van der Waals surface area (Å²) in [5, 5.41) is 0. The summed E-state index contributed by atoms with van der Waals surface area (Å²) in [4.78, 5) is 7.63. The normalized spacial score (nSPS) is 13.2. The lowest BCUT2D eigenvalue weighted by Gasteiger charge is -2.17. The van der Waals surface area contributed by atoms with Crippen LogP contribution in [0.4, 0.5) is 0 Å². The number of pyridine rings is 1. The van der Waals surface area contributed by atoms with Crippen LogP contribution < -0.4 is 4.74 Å². The molecule has 17 heavy (non-hydrogen) atoms. The predicted molar refractivity (Wildman–Crippen MR) is 71.0 cm³/mol. The smallest absolute Gasteiger partial charge is 0.215 e. The van der Waals surface area contributed by atoms with Gasteiger partial charge in [-0.05, 0) is 31.1 Å². The molecule has 0 aliphatic heterocycles. The Balaban J connectivity index is 2.68. The average Bonchev–Trinajstić information content (AvgIpc) is 2.62. The molecule has 0 aromatic carbocycles. The molecule has 0 amide bonds. The van der Waals surface area contributed by atoms with Gasteiger partial charge in [0.1, 0.15) is 0 Å².